The lowest BCUT2D eigenvalue weighted by atomic mass is 10.1. The smallest absolute Gasteiger partial charge is 0.410 e. The van der Waals surface area contributed by atoms with Crippen LogP contribution < -0.4 is 5.32 Å². The number of aromatic nitrogens is 2. The van der Waals surface area contributed by atoms with Gasteiger partial charge >= 0.3 is 6.09 Å². The van der Waals surface area contributed by atoms with Crippen molar-refractivity contribution in [3.63, 3.8) is 0 Å². The Hall–Kier alpha value is -1.56. The molecule has 0 radical (unpaired) electrons. The van der Waals surface area contributed by atoms with Gasteiger partial charge in [-0.25, -0.2) is 4.79 Å². The van der Waals surface area contributed by atoms with Gasteiger partial charge in [0, 0.05) is 38.9 Å². The lowest BCUT2D eigenvalue weighted by Crippen LogP contribution is -2.38. The van der Waals surface area contributed by atoms with E-state index in [-0.39, 0.29) is 6.09 Å². The van der Waals surface area contributed by atoms with Gasteiger partial charge in [0.15, 0.2) is 0 Å². The number of nitrogens with zero attached hydrogens (tertiary/aromatic N) is 3. The van der Waals surface area contributed by atoms with Crippen molar-refractivity contribution in [3.05, 3.63) is 17.5 Å². The Morgan fingerprint density at radius 1 is 1.48 bits per heavy atom. The van der Waals surface area contributed by atoms with Crippen LogP contribution in [0.15, 0.2) is 6.20 Å². The molecule has 23 heavy (non-hydrogen) atoms. The number of aryl methyl sites for hydroxylation is 2. The summed E-state index contributed by atoms with van der Waals surface area (Å²) in [5.74, 6) is 0.342. The van der Waals surface area contributed by atoms with E-state index in [0.717, 1.165) is 25.2 Å². The average Bonchev–Trinajstić information content (AvgIpc) is 2.77. The van der Waals surface area contributed by atoms with Crippen molar-refractivity contribution in [2.24, 2.45) is 13.0 Å². The molecular weight excluding hydrogens is 292 g/mol. The van der Waals surface area contributed by atoms with Gasteiger partial charge in [0.05, 0.1) is 5.69 Å². The standard InChI is InChI=1S/C17H32N4O2/c1-8-15-14(12-21(7)19-15)10-18-9-13(2)11-20(6)16(22)23-17(3,4)5/h12-13,18H,8-11H2,1-7H3. The van der Waals surface area contributed by atoms with E-state index < -0.39 is 5.60 Å². The van der Waals surface area contributed by atoms with Crippen molar-refractivity contribution in [1.29, 1.82) is 0 Å². The maximum atomic E-state index is 11.9. The van der Waals surface area contributed by atoms with E-state index in [1.54, 1.807) is 11.9 Å². The van der Waals surface area contributed by atoms with Crippen molar-refractivity contribution in [1.82, 2.24) is 20.0 Å². The van der Waals surface area contributed by atoms with Crippen LogP contribution in [0.2, 0.25) is 0 Å². The van der Waals surface area contributed by atoms with Gasteiger partial charge in [0.1, 0.15) is 5.60 Å². The first-order valence-electron chi connectivity index (χ1n) is 8.28. The Morgan fingerprint density at radius 2 is 2.13 bits per heavy atom. The zero-order valence-electron chi connectivity index (χ0n) is 15.6. The minimum atomic E-state index is -0.455. The minimum Gasteiger partial charge on any atom is -0.444 e. The van der Waals surface area contributed by atoms with Crippen LogP contribution in [0, 0.1) is 5.92 Å². The molecule has 6 heteroatoms. The lowest BCUT2D eigenvalue weighted by molar-refractivity contribution is 0.0277. The van der Waals surface area contributed by atoms with Gasteiger partial charge in [-0.15, -0.1) is 0 Å². The topological polar surface area (TPSA) is 59.4 Å². The van der Waals surface area contributed by atoms with E-state index in [1.807, 2.05) is 32.5 Å². The molecule has 0 aromatic carbocycles. The number of hydrogen-bond donors (Lipinski definition) is 1. The number of rotatable bonds is 7. The average molecular weight is 324 g/mol. The van der Waals surface area contributed by atoms with E-state index >= 15 is 0 Å². The van der Waals surface area contributed by atoms with Gasteiger partial charge < -0.3 is 15.0 Å². The Labute approximate surface area is 140 Å². The molecule has 0 aliphatic carbocycles. The summed E-state index contributed by atoms with van der Waals surface area (Å²) in [6.45, 7) is 12.2. The molecule has 1 aromatic rings. The minimum absolute atomic E-state index is 0.273. The second kappa shape index (κ2) is 8.34. The van der Waals surface area contributed by atoms with Crippen molar-refractivity contribution < 1.29 is 9.53 Å². The summed E-state index contributed by atoms with van der Waals surface area (Å²) in [7, 11) is 3.72. The van der Waals surface area contributed by atoms with Crippen molar-refractivity contribution in [2.45, 2.75) is 53.2 Å². The molecule has 1 aromatic heterocycles. The van der Waals surface area contributed by atoms with E-state index in [2.05, 4.69) is 30.5 Å². The van der Waals surface area contributed by atoms with Crippen LogP contribution in [0.4, 0.5) is 4.79 Å². The highest BCUT2D eigenvalue weighted by molar-refractivity contribution is 5.67. The fourth-order valence-electron chi connectivity index (χ4n) is 2.43. The number of carbonyl (C=O) groups excluding carboxylic acids is 1. The molecule has 0 saturated heterocycles. The first-order valence-corrected chi connectivity index (χ1v) is 8.28. The van der Waals surface area contributed by atoms with Gasteiger partial charge in [0.25, 0.3) is 0 Å². The van der Waals surface area contributed by atoms with E-state index in [9.17, 15) is 4.79 Å². The largest absolute Gasteiger partial charge is 0.444 e. The Bertz CT molecular complexity index is 505. The van der Waals surface area contributed by atoms with E-state index in [4.69, 9.17) is 4.74 Å². The molecule has 132 valence electrons. The second-order valence-electron chi connectivity index (χ2n) is 7.23. The van der Waals surface area contributed by atoms with Crippen LogP contribution in [0.1, 0.15) is 45.9 Å². The van der Waals surface area contributed by atoms with Crippen LogP contribution >= 0.6 is 0 Å². The summed E-state index contributed by atoms with van der Waals surface area (Å²) in [6.07, 6.45) is 2.72. The molecule has 1 unspecified atom stereocenters. The van der Waals surface area contributed by atoms with Crippen molar-refractivity contribution >= 4 is 6.09 Å². The first kappa shape index (κ1) is 19.5. The highest BCUT2D eigenvalue weighted by Crippen LogP contribution is 2.10. The lowest BCUT2D eigenvalue weighted by Gasteiger charge is -2.26. The molecule has 1 rings (SSSR count). The van der Waals surface area contributed by atoms with E-state index in [1.165, 1.54) is 5.56 Å². The summed E-state index contributed by atoms with van der Waals surface area (Å²) in [5, 5.41) is 7.89. The summed E-state index contributed by atoms with van der Waals surface area (Å²) in [5.41, 5.74) is 1.92. The molecule has 1 N–H and O–H groups in total. The number of hydrogen-bond acceptors (Lipinski definition) is 4. The van der Waals surface area contributed by atoms with Crippen LogP contribution in [0.3, 0.4) is 0 Å². The quantitative estimate of drug-likeness (QED) is 0.837. The zero-order chi connectivity index (χ0) is 17.6. The molecule has 6 nitrogen and oxygen atoms in total. The molecule has 1 amide bonds. The number of nitrogens with one attached hydrogen (secondary N) is 1. The Balaban J connectivity index is 2.36. The van der Waals surface area contributed by atoms with Gasteiger partial charge in [-0.1, -0.05) is 13.8 Å². The summed E-state index contributed by atoms with van der Waals surface area (Å²) in [4.78, 5) is 13.6. The summed E-state index contributed by atoms with van der Waals surface area (Å²) < 4.78 is 7.22. The number of ether oxygens (including phenoxy) is 1. The third-order valence-electron chi connectivity index (χ3n) is 3.43. The molecule has 0 saturated carbocycles. The Kier molecular flexibility index (Phi) is 7.06. The highest BCUT2D eigenvalue weighted by atomic mass is 16.6. The van der Waals surface area contributed by atoms with Gasteiger partial charge in [-0.05, 0) is 39.7 Å². The monoisotopic (exact) mass is 324 g/mol. The SMILES string of the molecule is CCc1nn(C)cc1CNCC(C)CN(C)C(=O)OC(C)(C)C. The van der Waals surface area contributed by atoms with Crippen molar-refractivity contribution in [3.8, 4) is 0 Å². The van der Waals surface area contributed by atoms with Crippen LogP contribution in [0.5, 0.6) is 0 Å². The third-order valence-corrected chi connectivity index (χ3v) is 3.43. The summed E-state index contributed by atoms with van der Waals surface area (Å²) >= 11 is 0. The molecule has 0 fully saturated rings. The van der Waals surface area contributed by atoms with Gasteiger partial charge in [-0.2, -0.15) is 5.10 Å². The maximum absolute atomic E-state index is 11.9. The predicted octanol–water partition coefficient (Wildman–Crippen LogP) is 2.58. The number of carbonyl (C=O) groups is 1. The fourth-order valence-corrected chi connectivity index (χ4v) is 2.43. The molecule has 0 aliphatic rings. The third kappa shape index (κ3) is 7.03. The maximum Gasteiger partial charge on any atom is 0.410 e. The Morgan fingerprint density at radius 3 is 2.70 bits per heavy atom. The second-order valence-corrected chi connectivity index (χ2v) is 7.23. The first-order chi connectivity index (χ1) is 10.6. The fraction of sp³-hybridized carbons (Fsp3) is 0.765. The molecule has 1 heterocycles. The van der Waals surface area contributed by atoms with Crippen LogP contribution in [-0.2, 0) is 24.8 Å². The van der Waals surface area contributed by atoms with Gasteiger partial charge in [-0.3, -0.25) is 4.68 Å². The normalized spacial score (nSPS) is 13.0. The summed E-state index contributed by atoms with van der Waals surface area (Å²) in [6, 6.07) is 0. The van der Waals surface area contributed by atoms with E-state index in [0.29, 0.717) is 12.5 Å². The zero-order valence-corrected chi connectivity index (χ0v) is 15.6. The molecular formula is C17H32N4O2. The van der Waals surface area contributed by atoms with Gasteiger partial charge in [0.2, 0.25) is 0 Å². The predicted molar refractivity (Wildman–Crippen MR) is 92.3 cm³/mol. The molecule has 1 atom stereocenters. The van der Waals surface area contributed by atoms with Crippen LogP contribution in [-0.4, -0.2) is 46.5 Å². The highest BCUT2D eigenvalue weighted by Gasteiger charge is 2.20. The van der Waals surface area contributed by atoms with Crippen molar-refractivity contribution in [2.75, 3.05) is 20.1 Å². The number of amides is 1. The van der Waals surface area contributed by atoms with Crippen LogP contribution in [0.25, 0.3) is 0 Å². The molecule has 0 aliphatic heterocycles. The molecule has 0 bridgehead atoms. The molecule has 0 spiro atoms.